The van der Waals surface area contributed by atoms with Gasteiger partial charge in [0.05, 0.1) is 16.6 Å². The number of nitro benzene ring substituents is 1. The molecular weight excluding hydrogens is 213 g/mol. The van der Waals surface area contributed by atoms with Crippen molar-refractivity contribution in [2.45, 2.75) is 26.2 Å². The van der Waals surface area contributed by atoms with Gasteiger partial charge in [-0.15, -0.1) is 0 Å². The number of halogens is 1. The van der Waals surface area contributed by atoms with Crippen molar-refractivity contribution >= 4 is 11.5 Å². The Labute approximate surface area is 91.2 Å². The van der Waals surface area contributed by atoms with Crippen LogP contribution in [0.5, 0.6) is 0 Å². The number of hydrogen-bond donors (Lipinski definition) is 0. The molecule has 0 N–H and O–H groups in total. The molecule has 0 amide bonds. The first-order chi connectivity index (χ1) is 7.52. The van der Waals surface area contributed by atoms with E-state index in [1.807, 2.05) is 0 Å². The zero-order valence-electron chi connectivity index (χ0n) is 8.75. The van der Waals surface area contributed by atoms with E-state index in [1.165, 1.54) is 0 Å². The lowest BCUT2D eigenvalue weighted by atomic mass is 9.86. The summed E-state index contributed by atoms with van der Waals surface area (Å²) in [5, 5.41) is 10.8. The lowest BCUT2D eigenvalue weighted by Gasteiger charge is -2.17. The molecular formula is C11H10FNO3. The van der Waals surface area contributed by atoms with Crippen LogP contribution in [-0.4, -0.2) is 10.7 Å². The van der Waals surface area contributed by atoms with Crippen LogP contribution in [0.2, 0.25) is 0 Å². The van der Waals surface area contributed by atoms with Crippen molar-refractivity contribution in [3.05, 3.63) is 38.7 Å². The van der Waals surface area contributed by atoms with Crippen LogP contribution in [0.15, 0.2) is 6.07 Å². The highest BCUT2D eigenvalue weighted by molar-refractivity contribution is 6.02. The number of carbonyl (C=O) groups is 1. The van der Waals surface area contributed by atoms with Crippen molar-refractivity contribution < 1.29 is 14.1 Å². The lowest BCUT2D eigenvalue weighted by Crippen LogP contribution is -2.15. The van der Waals surface area contributed by atoms with Crippen LogP contribution in [0.3, 0.4) is 0 Å². The van der Waals surface area contributed by atoms with Crippen molar-refractivity contribution in [2.24, 2.45) is 0 Å². The third-order valence-electron chi connectivity index (χ3n) is 2.94. The van der Waals surface area contributed by atoms with Gasteiger partial charge >= 0.3 is 0 Å². The first-order valence-electron chi connectivity index (χ1n) is 5.02. The first kappa shape index (κ1) is 10.7. The van der Waals surface area contributed by atoms with Crippen LogP contribution in [0, 0.1) is 22.9 Å². The van der Waals surface area contributed by atoms with Gasteiger partial charge in [-0.05, 0) is 30.9 Å². The van der Waals surface area contributed by atoms with E-state index in [-0.39, 0.29) is 11.3 Å². The number of ketones is 1. The van der Waals surface area contributed by atoms with Crippen LogP contribution >= 0.6 is 0 Å². The zero-order chi connectivity index (χ0) is 11.9. The molecule has 0 heterocycles. The molecule has 0 aliphatic heterocycles. The molecule has 4 nitrogen and oxygen atoms in total. The van der Waals surface area contributed by atoms with Gasteiger partial charge in [0.2, 0.25) is 0 Å². The highest BCUT2D eigenvalue weighted by Gasteiger charge is 2.29. The minimum absolute atomic E-state index is 0.107. The molecule has 0 aromatic heterocycles. The summed E-state index contributed by atoms with van der Waals surface area (Å²) in [4.78, 5) is 21.7. The summed E-state index contributed by atoms with van der Waals surface area (Å²) in [6.07, 6.45) is 1.47. The summed E-state index contributed by atoms with van der Waals surface area (Å²) in [6, 6.07) is 0.845. The Hall–Kier alpha value is -1.78. The average Bonchev–Trinajstić information content (AvgIpc) is 2.23. The van der Waals surface area contributed by atoms with Crippen molar-refractivity contribution in [3.63, 3.8) is 0 Å². The average molecular weight is 223 g/mol. The predicted octanol–water partition coefficient (Wildman–Crippen LogP) is 2.56. The Morgan fingerprint density at radius 1 is 1.44 bits per heavy atom. The quantitative estimate of drug-likeness (QED) is 0.543. The summed E-state index contributed by atoms with van der Waals surface area (Å²) in [6.45, 7) is 1.55. The van der Waals surface area contributed by atoms with E-state index < -0.39 is 16.4 Å². The van der Waals surface area contributed by atoms with E-state index >= 15 is 0 Å². The fourth-order valence-electron chi connectivity index (χ4n) is 2.11. The maximum Gasteiger partial charge on any atom is 0.283 e. The van der Waals surface area contributed by atoms with Crippen LogP contribution in [-0.2, 0) is 6.42 Å². The monoisotopic (exact) mass is 223 g/mol. The largest absolute Gasteiger partial charge is 0.294 e. The number of rotatable bonds is 1. The SMILES string of the molecule is Cc1c(F)cc([N+](=O)[O-])c2c1CCCC2=O. The van der Waals surface area contributed by atoms with E-state index in [2.05, 4.69) is 0 Å². The topological polar surface area (TPSA) is 60.2 Å². The molecule has 16 heavy (non-hydrogen) atoms. The van der Waals surface area contributed by atoms with Gasteiger partial charge in [-0.3, -0.25) is 14.9 Å². The minimum atomic E-state index is -0.690. The highest BCUT2D eigenvalue weighted by Crippen LogP contribution is 2.33. The zero-order valence-corrected chi connectivity index (χ0v) is 8.75. The van der Waals surface area contributed by atoms with E-state index in [0.29, 0.717) is 30.4 Å². The summed E-state index contributed by atoms with van der Waals surface area (Å²) in [5.41, 5.74) is 0.564. The fraction of sp³-hybridized carbons (Fsp3) is 0.364. The molecule has 0 atom stereocenters. The van der Waals surface area contributed by atoms with Gasteiger partial charge in [-0.2, -0.15) is 0 Å². The first-order valence-corrected chi connectivity index (χ1v) is 5.02. The fourth-order valence-corrected chi connectivity index (χ4v) is 2.11. The summed E-state index contributed by atoms with van der Waals surface area (Å²) >= 11 is 0. The maximum absolute atomic E-state index is 13.4. The summed E-state index contributed by atoms with van der Waals surface area (Å²) in [5.74, 6) is -0.865. The smallest absolute Gasteiger partial charge is 0.283 e. The molecule has 0 bridgehead atoms. The maximum atomic E-state index is 13.4. The van der Waals surface area contributed by atoms with Crippen LogP contribution in [0.4, 0.5) is 10.1 Å². The highest BCUT2D eigenvalue weighted by atomic mass is 19.1. The second kappa shape index (κ2) is 3.66. The van der Waals surface area contributed by atoms with E-state index in [4.69, 9.17) is 0 Å². The number of fused-ring (bicyclic) bond motifs is 1. The molecule has 1 aromatic carbocycles. The molecule has 84 valence electrons. The number of Topliss-reactive ketones (excluding diaryl/α,β-unsaturated/α-hetero) is 1. The van der Waals surface area contributed by atoms with Crippen LogP contribution < -0.4 is 0 Å². The standard InChI is InChI=1S/C11H10FNO3/c1-6-7-3-2-4-10(14)11(7)9(13(15)16)5-8(6)12/h5H,2-4H2,1H3. The molecule has 1 aliphatic rings. The van der Waals surface area contributed by atoms with E-state index in [9.17, 15) is 19.3 Å². The molecule has 0 saturated heterocycles. The Kier molecular flexibility index (Phi) is 2.46. The van der Waals surface area contributed by atoms with Gasteiger partial charge in [-0.1, -0.05) is 0 Å². The Balaban J connectivity index is 2.77. The minimum Gasteiger partial charge on any atom is -0.294 e. The molecule has 0 spiro atoms. The number of nitrogens with zero attached hydrogens (tertiary/aromatic N) is 1. The third kappa shape index (κ3) is 1.48. The third-order valence-corrected chi connectivity index (χ3v) is 2.94. The van der Waals surface area contributed by atoms with Crippen molar-refractivity contribution in [3.8, 4) is 0 Å². The number of nitro groups is 1. The molecule has 0 unspecified atom stereocenters. The Morgan fingerprint density at radius 2 is 2.12 bits per heavy atom. The van der Waals surface area contributed by atoms with Crippen LogP contribution in [0.1, 0.15) is 34.3 Å². The molecule has 0 radical (unpaired) electrons. The molecule has 5 heteroatoms. The van der Waals surface area contributed by atoms with Gasteiger partial charge in [-0.25, -0.2) is 4.39 Å². The van der Waals surface area contributed by atoms with E-state index in [0.717, 1.165) is 6.07 Å². The van der Waals surface area contributed by atoms with Crippen molar-refractivity contribution in [2.75, 3.05) is 0 Å². The van der Waals surface area contributed by atoms with Crippen molar-refractivity contribution in [1.82, 2.24) is 0 Å². The molecule has 1 aliphatic carbocycles. The van der Waals surface area contributed by atoms with Gasteiger partial charge in [0, 0.05) is 6.42 Å². The normalized spacial score (nSPS) is 14.8. The second-order valence-corrected chi connectivity index (χ2v) is 3.89. The number of carbonyl (C=O) groups excluding carboxylic acids is 1. The number of hydrogen-bond acceptors (Lipinski definition) is 3. The van der Waals surface area contributed by atoms with E-state index in [1.54, 1.807) is 6.92 Å². The predicted molar refractivity (Wildman–Crippen MR) is 55.1 cm³/mol. The molecule has 1 aromatic rings. The molecule has 2 rings (SSSR count). The summed E-state index contributed by atoms with van der Waals surface area (Å²) in [7, 11) is 0. The van der Waals surface area contributed by atoms with Crippen molar-refractivity contribution in [1.29, 1.82) is 0 Å². The molecule has 0 fully saturated rings. The van der Waals surface area contributed by atoms with Gasteiger partial charge in [0.15, 0.2) is 5.78 Å². The summed E-state index contributed by atoms with van der Waals surface area (Å²) < 4.78 is 13.4. The Bertz CT molecular complexity index is 496. The second-order valence-electron chi connectivity index (χ2n) is 3.89. The van der Waals surface area contributed by atoms with Crippen LogP contribution in [0.25, 0.3) is 0 Å². The number of benzene rings is 1. The Morgan fingerprint density at radius 3 is 2.75 bits per heavy atom. The van der Waals surface area contributed by atoms with Gasteiger partial charge in [0.1, 0.15) is 5.82 Å². The van der Waals surface area contributed by atoms with Gasteiger partial charge in [0.25, 0.3) is 5.69 Å². The lowest BCUT2D eigenvalue weighted by molar-refractivity contribution is -0.385. The van der Waals surface area contributed by atoms with Gasteiger partial charge < -0.3 is 0 Å². The molecule has 0 saturated carbocycles.